The number of quaternary nitrogens is 1. The Morgan fingerprint density at radius 1 is 1.58 bits per heavy atom. The van der Waals surface area contributed by atoms with Crippen LogP contribution in [-0.2, 0) is 0 Å². The molecule has 3 nitrogen and oxygen atoms in total. The fourth-order valence-electron chi connectivity index (χ4n) is 1.82. The largest absolute Gasteiger partial charge is 0.421 e. The monoisotopic (exact) mass is 167 g/mol. The van der Waals surface area contributed by atoms with Crippen LogP contribution in [0.2, 0.25) is 0 Å². The highest BCUT2D eigenvalue weighted by molar-refractivity contribution is 5.30. The summed E-state index contributed by atoms with van der Waals surface area (Å²) in [7, 11) is 4.36. The number of nitrogens with zero attached hydrogens (tertiary/aromatic N) is 2. The third-order valence-corrected chi connectivity index (χ3v) is 2.57. The molecule has 1 atom stereocenters. The van der Waals surface area contributed by atoms with Crippen molar-refractivity contribution in [3.05, 3.63) is 18.4 Å². The van der Waals surface area contributed by atoms with Gasteiger partial charge in [-0.25, -0.2) is 4.48 Å². The second-order valence-electron chi connectivity index (χ2n) is 3.79. The van der Waals surface area contributed by atoms with Gasteiger partial charge in [0.15, 0.2) is 0 Å². The Bertz CT molecular complexity index is 258. The highest BCUT2D eigenvalue weighted by atomic mass is 16.4. The van der Waals surface area contributed by atoms with Crippen molar-refractivity contribution < 1.29 is 4.42 Å². The molecular weight excluding hydrogens is 152 g/mol. The molecule has 12 heavy (non-hydrogen) atoms. The van der Waals surface area contributed by atoms with E-state index in [2.05, 4.69) is 25.1 Å². The van der Waals surface area contributed by atoms with Crippen molar-refractivity contribution in [3.63, 3.8) is 0 Å². The molecule has 1 aliphatic heterocycles. The topological polar surface area (TPSA) is 16.4 Å². The van der Waals surface area contributed by atoms with Gasteiger partial charge in [0.2, 0.25) is 0 Å². The standard InChI is InChI=1S/C9H15N2O/c1-10-5-6-11(2,8-10)9-4-3-7-12-9/h3-4,7H,5-6,8H2,1-2H3/q+1. The number of likely N-dealkylation sites (N-methyl/N-ethyl adjacent to an activating group) is 2. The van der Waals surface area contributed by atoms with Crippen LogP contribution in [-0.4, -0.2) is 38.8 Å². The summed E-state index contributed by atoms with van der Waals surface area (Å²) in [6, 6.07) is 4.01. The molecule has 0 aliphatic carbocycles. The number of hydrogen-bond donors (Lipinski definition) is 0. The Balaban J connectivity index is 2.23. The Labute approximate surface area is 72.8 Å². The molecule has 0 amide bonds. The van der Waals surface area contributed by atoms with Gasteiger partial charge >= 0.3 is 0 Å². The van der Waals surface area contributed by atoms with Gasteiger partial charge in [-0.1, -0.05) is 0 Å². The maximum atomic E-state index is 5.41. The van der Waals surface area contributed by atoms with Crippen molar-refractivity contribution in [2.45, 2.75) is 0 Å². The normalized spacial score (nSPS) is 31.2. The van der Waals surface area contributed by atoms with Gasteiger partial charge in [-0.05, 0) is 13.1 Å². The van der Waals surface area contributed by atoms with Crippen LogP contribution in [0.25, 0.3) is 0 Å². The van der Waals surface area contributed by atoms with Gasteiger partial charge in [-0.2, -0.15) is 0 Å². The van der Waals surface area contributed by atoms with Gasteiger partial charge in [0.1, 0.15) is 6.67 Å². The molecule has 1 aromatic heterocycles. The summed E-state index contributed by atoms with van der Waals surface area (Å²) >= 11 is 0. The quantitative estimate of drug-likeness (QED) is 0.583. The van der Waals surface area contributed by atoms with Crippen LogP contribution in [0.4, 0.5) is 5.88 Å². The van der Waals surface area contributed by atoms with Crippen LogP contribution in [0.15, 0.2) is 22.8 Å². The molecule has 0 N–H and O–H groups in total. The second kappa shape index (κ2) is 2.61. The summed E-state index contributed by atoms with van der Waals surface area (Å²) in [5, 5.41) is 0. The molecule has 2 rings (SSSR count). The zero-order valence-electron chi connectivity index (χ0n) is 7.66. The van der Waals surface area contributed by atoms with Crippen molar-refractivity contribution in [1.82, 2.24) is 9.38 Å². The molecular formula is C9H15N2O+. The summed E-state index contributed by atoms with van der Waals surface area (Å²) in [6.45, 7) is 3.34. The first kappa shape index (κ1) is 7.83. The molecule has 66 valence electrons. The van der Waals surface area contributed by atoms with Crippen LogP contribution in [0, 0.1) is 0 Å². The molecule has 0 radical (unpaired) electrons. The molecule has 1 fully saturated rings. The van der Waals surface area contributed by atoms with Crippen molar-refractivity contribution in [2.24, 2.45) is 0 Å². The Morgan fingerprint density at radius 2 is 2.42 bits per heavy atom. The average Bonchev–Trinajstić information content (AvgIpc) is 2.59. The number of hydrogen-bond acceptors (Lipinski definition) is 2. The van der Waals surface area contributed by atoms with Crippen LogP contribution < -0.4 is 4.48 Å². The molecule has 1 aromatic rings. The first-order chi connectivity index (χ1) is 5.71. The lowest BCUT2D eigenvalue weighted by Crippen LogP contribution is -2.43. The predicted octanol–water partition coefficient (Wildman–Crippen LogP) is 1.12. The number of rotatable bonds is 1. The minimum absolute atomic E-state index is 0.906. The summed E-state index contributed by atoms with van der Waals surface area (Å²) in [5.41, 5.74) is 0. The molecule has 1 unspecified atom stereocenters. The highest BCUT2D eigenvalue weighted by Crippen LogP contribution is 2.24. The summed E-state index contributed by atoms with van der Waals surface area (Å²) in [5.74, 6) is 1.07. The zero-order valence-corrected chi connectivity index (χ0v) is 7.66. The zero-order chi connectivity index (χ0) is 8.60. The van der Waals surface area contributed by atoms with E-state index in [9.17, 15) is 0 Å². The van der Waals surface area contributed by atoms with Gasteiger partial charge < -0.3 is 4.42 Å². The lowest BCUT2D eigenvalue weighted by molar-refractivity contribution is 0.276. The molecule has 1 aliphatic rings. The smallest absolute Gasteiger partial charge is 0.297 e. The van der Waals surface area contributed by atoms with E-state index in [-0.39, 0.29) is 0 Å². The summed E-state index contributed by atoms with van der Waals surface area (Å²) in [4.78, 5) is 2.32. The molecule has 0 bridgehead atoms. The van der Waals surface area contributed by atoms with Crippen LogP contribution in [0.1, 0.15) is 0 Å². The fourth-order valence-corrected chi connectivity index (χ4v) is 1.82. The Morgan fingerprint density at radius 3 is 2.92 bits per heavy atom. The van der Waals surface area contributed by atoms with Crippen LogP contribution in [0.3, 0.4) is 0 Å². The number of furan rings is 1. The maximum Gasteiger partial charge on any atom is 0.297 e. The molecule has 1 saturated heterocycles. The van der Waals surface area contributed by atoms with Crippen molar-refractivity contribution in [3.8, 4) is 0 Å². The van der Waals surface area contributed by atoms with Gasteiger partial charge in [-0.3, -0.25) is 4.90 Å². The van der Waals surface area contributed by atoms with E-state index in [0.717, 1.165) is 30.1 Å². The molecule has 0 aromatic carbocycles. The first-order valence-corrected chi connectivity index (χ1v) is 4.28. The Kier molecular flexibility index (Phi) is 1.70. The van der Waals surface area contributed by atoms with E-state index in [0.29, 0.717) is 0 Å². The predicted molar refractivity (Wildman–Crippen MR) is 48.8 cm³/mol. The lowest BCUT2D eigenvalue weighted by atomic mass is 10.4. The minimum atomic E-state index is 0.906. The molecule has 0 saturated carbocycles. The summed E-state index contributed by atoms with van der Waals surface area (Å²) in [6.07, 6.45) is 1.75. The maximum absolute atomic E-state index is 5.41. The van der Waals surface area contributed by atoms with E-state index in [1.807, 2.05) is 6.07 Å². The van der Waals surface area contributed by atoms with Crippen molar-refractivity contribution >= 4 is 5.88 Å². The molecule has 2 heterocycles. The van der Waals surface area contributed by atoms with Gasteiger partial charge in [-0.15, -0.1) is 0 Å². The SMILES string of the molecule is CN1CC[N+](C)(c2ccco2)C1. The van der Waals surface area contributed by atoms with Crippen LogP contribution in [0.5, 0.6) is 0 Å². The van der Waals surface area contributed by atoms with E-state index in [4.69, 9.17) is 4.42 Å². The second-order valence-corrected chi connectivity index (χ2v) is 3.79. The molecule has 0 spiro atoms. The average molecular weight is 167 g/mol. The lowest BCUT2D eigenvalue weighted by Gasteiger charge is -2.24. The Hall–Kier alpha value is -0.800. The molecule has 3 heteroatoms. The van der Waals surface area contributed by atoms with E-state index in [1.54, 1.807) is 6.26 Å². The highest BCUT2D eigenvalue weighted by Gasteiger charge is 2.34. The van der Waals surface area contributed by atoms with Crippen molar-refractivity contribution in [2.75, 3.05) is 33.9 Å². The van der Waals surface area contributed by atoms with Gasteiger partial charge in [0.25, 0.3) is 5.88 Å². The van der Waals surface area contributed by atoms with Gasteiger partial charge in [0, 0.05) is 6.07 Å². The van der Waals surface area contributed by atoms with Crippen molar-refractivity contribution in [1.29, 1.82) is 0 Å². The van der Waals surface area contributed by atoms with E-state index < -0.39 is 0 Å². The minimum Gasteiger partial charge on any atom is -0.421 e. The van der Waals surface area contributed by atoms with E-state index in [1.165, 1.54) is 0 Å². The van der Waals surface area contributed by atoms with Gasteiger partial charge in [0.05, 0.1) is 26.4 Å². The third-order valence-electron chi connectivity index (χ3n) is 2.57. The fraction of sp³-hybridized carbons (Fsp3) is 0.556. The summed E-state index contributed by atoms with van der Waals surface area (Å²) < 4.78 is 6.32. The van der Waals surface area contributed by atoms with E-state index >= 15 is 0 Å². The first-order valence-electron chi connectivity index (χ1n) is 4.28. The van der Waals surface area contributed by atoms with Crippen LogP contribution >= 0.6 is 0 Å². The third kappa shape index (κ3) is 1.15.